The Hall–Kier alpha value is -2.01. The predicted molar refractivity (Wildman–Crippen MR) is 86.1 cm³/mol. The van der Waals surface area contributed by atoms with E-state index in [-0.39, 0.29) is 11.9 Å². The van der Waals surface area contributed by atoms with Gasteiger partial charge in [-0.05, 0) is 31.0 Å². The molecule has 0 fully saturated rings. The highest BCUT2D eigenvalue weighted by Gasteiger charge is 2.20. The molecule has 0 unspecified atom stereocenters. The van der Waals surface area contributed by atoms with Crippen molar-refractivity contribution < 1.29 is 9.53 Å². The molecule has 1 amide bonds. The molecule has 118 valence electrons. The van der Waals surface area contributed by atoms with E-state index >= 15 is 0 Å². The van der Waals surface area contributed by atoms with E-state index in [1.165, 1.54) is 6.20 Å². The van der Waals surface area contributed by atoms with Gasteiger partial charge in [0.05, 0.1) is 24.4 Å². The molecular weight excluding hydrogens is 302 g/mol. The van der Waals surface area contributed by atoms with E-state index in [1.54, 1.807) is 24.9 Å². The van der Waals surface area contributed by atoms with Crippen LogP contribution < -0.4 is 10.1 Å². The molecule has 1 aromatic heterocycles. The summed E-state index contributed by atoms with van der Waals surface area (Å²) < 4.78 is 6.70. The van der Waals surface area contributed by atoms with Gasteiger partial charge in [-0.2, -0.15) is 5.10 Å². The van der Waals surface area contributed by atoms with Crippen molar-refractivity contribution in [1.82, 2.24) is 15.1 Å². The van der Waals surface area contributed by atoms with E-state index in [0.717, 1.165) is 17.7 Å². The highest BCUT2D eigenvalue weighted by molar-refractivity contribution is 6.30. The molecule has 0 radical (unpaired) electrons. The number of nitrogens with zero attached hydrogens (tertiary/aromatic N) is 2. The van der Waals surface area contributed by atoms with Gasteiger partial charge in [-0.1, -0.05) is 30.7 Å². The number of carbonyl (C=O) groups excluding carboxylic acids is 1. The van der Waals surface area contributed by atoms with Crippen molar-refractivity contribution in [3.8, 4) is 5.75 Å². The first kappa shape index (κ1) is 16.4. The van der Waals surface area contributed by atoms with Gasteiger partial charge >= 0.3 is 0 Å². The van der Waals surface area contributed by atoms with Crippen LogP contribution in [0.15, 0.2) is 36.7 Å². The number of nitrogens with one attached hydrogen (secondary N) is 1. The highest BCUT2D eigenvalue weighted by atomic mass is 35.5. The minimum absolute atomic E-state index is 0.0492. The van der Waals surface area contributed by atoms with E-state index in [9.17, 15) is 4.79 Å². The van der Waals surface area contributed by atoms with E-state index in [4.69, 9.17) is 16.3 Å². The lowest BCUT2D eigenvalue weighted by Crippen LogP contribution is -2.34. The molecule has 2 rings (SSSR count). The summed E-state index contributed by atoms with van der Waals surface area (Å²) in [6.45, 7) is 3.82. The maximum atomic E-state index is 12.4. The first-order valence-electron chi connectivity index (χ1n) is 7.19. The number of rotatable bonds is 6. The van der Waals surface area contributed by atoms with Crippen LogP contribution in [0.5, 0.6) is 5.75 Å². The van der Waals surface area contributed by atoms with Gasteiger partial charge in [0.15, 0.2) is 0 Å². The first-order valence-corrected chi connectivity index (χ1v) is 7.57. The third kappa shape index (κ3) is 3.80. The number of halogens is 1. The summed E-state index contributed by atoms with van der Waals surface area (Å²) in [6.07, 6.45) is 3.96. The van der Waals surface area contributed by atoms with Gasteiger partial charge in [0.2, 0.25) is 5.91 Å². The molecule has 22 heavy (non-hydrogen) atoms. The van der Waals surface area contributed by atoms with Crippen molar-refractivity contribution in [2.24, 2.45) is 0 Å². The fourth-order valence-corrected chi connectivity index (χ4v) is 2.34. The van der Waals surface area contributed by atoms with Crippen molar-refractivity contribution in [3.63, 3.8) is 0 Å². The average Bonchev–Trinajstić information content (AvgIpc) is 2.98. The molecule has 1 N–H and O–H groups in total. The molecule has 2 aromatic rings. The average molecular weight is 322 g/mol. The largest absolute Gasteiger partial charge is 0.497 e. The third-order valence-corrected chi connectivity index (χ3v) is 3.78. The Morgan fingerprint density at radius 3 is 2.59 bits per heavy atom. The van der Waals surface area contributed by atoms with Gasteiger partial charge in [-0.3, -0.25) is 9.48 Å². The number of hydrogen-bond donors (Lipinski definition) is 1. The van der Waals surface area contributed by atoms with Crippen LogP contribution in [0.2, 0.25) is 5.02 Å². The molecule has 0 aliphatic carbocycles. The smallest absolute Gasteiger partial charge is 0.245 e. The monoisotopic (exact) mass is 321 g/mol. The third-order valence-electron chi connectivity index (χ3n) is 3.59. The maximum Gasteiger partial charge on any atom is 0.245 e. The van der Waals surface area contributed by atoms with E-state index in [2.05, 4.69) is 10.4 Å². The SMILES string of the molecule is CC[C@@H](NC(=O)[C@@H](C)n1cc(Cl)cn1)c1ccc(OC)cc1. The fourth-order valence-electron chi connectivity index (χ4n) is 2.20. The van der Waals surface area contributed by atoms with Gasteiger partial charge < -0.3 is 10.1 Å². The maximum absolute atomic E-state index is 12.4. The summed E-state index contributed by atoms with van der Waals surface area (Å²) in [6, 6.07) is 7.24. The Kier molecular flexibility index (Phi) is 5.44. The highest BCUT2D eigenvalue weighted by Crippen LogP contribution is 2.21. The summed E-state index contributed by atoms with van der Waals surface area (Å²) in [5.74, 6) is 0.701. The molecule has 0 saturated heterocycles. The lowest BCUT2D eigenvalue weighted by Gasteiger charge is -2.20. The molecule has 0 bridgehead atoms. The number of aromatic nitrogens is 2. The van der Waals surface area contributed by atoms with Crippen molar-refractivity contribution >= 4 is 17.5 Å². The van der Waals surface area contributed by atoms with Crippen molar-refractivity contribution in [3.05, 3.63) is 47.2 Å². The molecule has 0 saturated carbocycles. The van der Waals surface area contributed by atoms with E-state index in [1.807, 2.05) is 31.2 Å². The number of methoxy groups -OCH3 is 1. The Bertz CT molecular complexity index is 625. The Morgan fingerprint density at radius 2 is 2.09 bits per heavy atom. The Balaban J connectivity index is 2.06. The number of benzene rings is 1. The van der Waals surface area contributed by atoms with E-state index < -0.39 is 6.04 Å². The Morgan fingerprint density at radius 1 is 1.41 bits per heavy atom. The van der Waals surface area contributed by atoms with Gasteiger partial charge in [0.1, 0.15) is 11.8 Å². The van der Waals surface area contributed by atoms with Crippen LogP contribution in [-0.2, 0) is 4.79 Å². The van der Waals surface area contributed by atoms with Crippen LogP contribution in [0.4, 0.5) is 0 Å². The fraction of sp³-hybridized carbons (Fsp3) is 0.375. The number of amides is 1. The lowest BCUT2D eigenvalue weighted by atomic mass is 10.0. The summed E-state index contributed by atoms with van der Waals surface area (Å²) in [5, 5.41) is 7.63. The van der Waals surface area contributed by atoms with Crippen LogP contribution in [0, 0.1) is 0 Å². The van der Waals surface area contributed by atoms with Crippen molar-refractivity contribution in [2.45, 2.75) is 32.4 Å². The van der Waals surface area contributed by atoms with Gasteiger partial charge in [0, 0.05) is 6.20 Å². The van der Waals surface area contributed by atoms with Crippen LogP contribution in [-0.4, -0.2) is 22.8 Å². The normalized spacial score (nSPS) is 13.5. The summed E-state index contributed by atoms with van der Waals surface area (Å²) in [7, 11) is 1.63. The molecule has 1 heterocycles. The molecule has 2 atom stereocenters. The first-order chi connectivity index (χ1) is 10.5. The summed E-state index contributed by atoms with van der Waals surface area (Å²) in [4.78, 5) is 12.4. The van der Waals surface area contributed by atoms with Gasteiger partial charge in [-0.25, -0.2) is 0 Å². The predicted octanol–water partition coefficient (Wildman–Crippen LogP) is 3.37. The minimum Gasteiger partial charge on any atom is -0.497 e. The van der Waals surface area contributed by atoms with Crippen molar-refractivity contribution in [2.75, 3.05) is 7.11 Å². The zero-order valence-electron chi connectivity index (χ0n) is 12.9. The van der Waals surface area contributed by atoms with Crippen LogP contribution in [0.1, 0.15) is 37.9 Å². The second-order valence-electron chi connectivity index (χ2n) is 5.06. The molecule has 0 aliphatic rings. The quantitative estimate of drug-likeness (QED) is 0.887. The molecule has 0 spiro atoms. The zero-order chi connectivity index (χ0) is 16.1. The minimum atomic E-state index is -0.417. The molecular formula is C16H20ClN3O2. The lowest BCUT2D eigenvalue weighted by molar-refractivity contribution is -0.124. The van der Waals surface area contributed by atoms with Gasteiger partial charge in [-0.15, -0.1) is 0 Å². The molecule has 6 heteroatoms. The molecule has 0 aliphatic heterocycles. The topological polar surface area (TPSA) is 56.2 Å². The number of carbonyl (C=O) groups is 1. The Labute approximate surface area is 135 Å². The summed E-state index contributed by atoms with van der Waals surface area (Å²) in [5.41, 5.74) is 1.04. The van der Waals surface area contributed by atoms with Crippen molar-refractivity contribution in [1.29, 1.82) is 0 Å². The molecule has 5 nitrogen and oxygen atoms in total. The second kappa shape index (κ2) is 7.31. The van der Waals surface area contributed by atoms with Crippen LogP contribution >= 0.6 is 11.6 Å². The number of hydrogen-bond acceptors (Lipinski definition) is 3. The summed E-state index contributed by atoms with van der Waals surface area (Å²) >= 11 is 5.84. The van der Waals surface area contributed by atoms with Gasteiger partial charge in [0.25, 0.3) is 0 Å². The standard InChI is InChI=1S/C16H20ClN3O2/c1-4-15(12-5-7-14(22-3)8-6-12)19-16(21)11(2)20-10-13(17)9-18-20/h5-11,15H,4H2,1-3H3,(H,19,21)/t11-,15-/m1/s1. The van der Waals surface area contributed by atoms with Crippen LogP contribution in [0.25, 0.3) is 0 Å². The zero-order valence-corrected chi connectivity index (χ0v) is 13.7. The van der Waals surface area contributed by atoms with Crippen LogP contribution in [0.3, 0.4) is 0 Å². The van der Waals surface area contributed by atoms with E-state index in [0.29, 0.717) is 5.02 Å². The number of ether oxygens (including phenoxy) is 1. The molecule has 1 aromatic carbocycles. The second-order valence-corrected chi connectivity index (χ2v) is 5.49.